The summed E-state index contributed by atoms with van der Waals surface area (Å²) < 4.78 is 25.1. The molecule has 1 aromatic rings. The average molecular weight is 281 g/mol. The highest BCUT2D eigenvalue weighted by Gasteiger charge is 2.21. The fraction of sp³-hybridized carbons (Fsp3) is 0.700. The van der Waals surface area contributed by atoms with Crippen molar-refractivity contribution < 1.29 is 13.5 Å². The third kappa shape index (κ3) is 4.65. The normalized spacial score (nSPS) is 13.0. The van der Waals surface area contributed by atoms with Gasteiger partial charge >= 0.3 is 0 Å². The van der Waals surface area contributed by atoms with Crippen LogP contribution in [0.3, 0.4) is 0 Å². The summed E-state index contributed by atoms with van der Waals surface area (Å²) in [4.78, 5) is 3.93. The maximum absolute atomic E-state index is 11.8. The molecule has 0 amide bonds. The number of hydrogen-bond donors (Lipinski definition) is 1. The van der Waals surface area contributed by atoms with Crippen LogP contribution < -0.4 is 0 Å². The van der Waals surface area contributed by atoms with E-state index in [4.69, 9.17) is 11.6 Å². The molecule has 7 heteroatoms. The maximum atomic E-state index is 11.8. The number of rotatable bonds is 5. The maximum Gasteiger partial charge on any atom is 0.157 e. The predicted octanol–water partition coefficient (Wildman–Crippen LogP) is 1.15. The van der Waals surface area contributed by atoms with Crippen LogP contribution in [0.15, 0.2) is 6.20 Å². The lowest BCUT2D eigenvalue weighted by atomic mass is 10.1. The van der Waals surface area contributed by atoms with Crippen molar-refractivity contribution in [1.82, 2.24) is 9.55 Å². The number of halogens is 1. The highest BCUT2D eigenvalue weighted by Crippen LogP contribution is 2.15. The first-order valence-electron chi connectivity index (χ1n) is 5.20. The molecular formula is C10H17ClN2O3S. The number of aromatic nitrogens is 2. The fourth-order valence-corrected chi connectivity index (χ4v) is 3.00. The standard InChI is InChI=1S/C10H17ClN2O3S/c1-10(2,14)4-5-17(15,16)7-9-12-6-8(11)13(9)3/h6,14H,4-5,7H2,1-3H3. The van der Waals surface area contributed by atoms with Crippen LogP contribution >= 0.6 is 11.6 Å². The van der Waals surface area contributed by atoms with Crippen LogP contribution in [-0.4, -0.2) is 34.4 Å². The molecule has 0 saturated heterocycles. The van der Waals surface area contributed by atoms with Crippen molar-refractivity contribution in [1.29, 1.82) is 0 Å². The molecule has 0 bridgehead atoms. The molecule has 0 spiro atoms. The SMILES string of the molecule is Cn1c(Cl)cnc1CS(=O)(=O)CCC(C)(C)O. The summed E-state index contributed by atoms with van der Waals surface area (Å²) in [5.74, 6) is 0.179. The van der Waals surface area contributed by atoms with E-state index >= 15 is 0 Å². The van der Waals surface area contributed by atoms with Crippen molar-refractivity contribution >= 4 is 21.4 Å². The van der Waals surface area contributed by atoms with Crippen molar-refractivity contribution in [3.63, 3.8) is 0 Å². The van der Waals surface area contributed by atoms with Crippen molar-refractivity contribution in [2.45, 2.75) is 31.6 Å². The Morgan fingerprint density at radius 1 is 1.53 bits per heavy atom. The van der Waals surface area contributed by atoms with Gasteiger partial charge in [-0.1, -0.05) is 11.6 Å². The van der Waals surface area contributed by atoms with Gasteiger partial charge in [0.1, 0.15) is 16.7 Å². The van der Waals surface area contributed by atoms with Gasteiger partial charge in [0, 0.05) is 7.05 Å². The van der Waals surface area contributed by atoms with E-state index in [1.165, 1.54) is 10.8 Å². The third-order valence-electron chi connectivity index (χ3n) is 2.40. The molecule has 5 nitrogen and oxygen atoms in total. The lowest BCUT2D eigenvalue weighted by Crippen LogP contribution is -2.24. The molecule has 1 rings (SSSR count). The molecule has 0 aromatic carbocycles. The number of aliphatic hydroxyl groups is 1. The van der Waals surface area contributed by atoms with E-state index < -0.39 is 15.4 Å². The quantitative estimate of drug-likeness (QED) is 0.878. The topological polar surface area (TPSA) is 72.2 Å². The molecule has 1 N–H and O–H groups in total. The second-order valence-corrected chi connectivity index (χ2v) is 7.28. The largest absolute Gasteiger partial charge is 0.390 e. The lowest BCUT2D eigenvalue weighted by molar-refractivity contribution is 0.0772. The van der Waals surface area contributed by atoms with E-state index in [-0.39, 0.29) is 17.9 Å². The molecule has 0 unspecified atom stereocenters. The number of imidazole rings is 1. The fourth-order valence-electron chi connectivity index (χ4n) is 1.23. The predicted molar refractivity (Wildman–Crippen MR) is 66.6 cm³/mol. The Labute approximate surface area is 106 Å². The van der Waals surface area contributed by atoms with Crippen LogP contribution in [0.25, 0.3) is 0 Å². The molecule has 1 aromatic heterocycles. The van der Waals surface area contributed by atoms with E-state index in [1.54, 1.807) is 20.9 Å². The molecule has 0 aliphatic rings. The summed E-state index contributed by atoms with van der Waals surface area (Å²) in [5, 5.41) is 9.90. The minimum absolute atomic E-state index is 0.0685. The zero-order valence-electron chi connectivity index (χ0n) is 10.1. The first-order chi connectivity index (χ1) is 7.61. The molecule has 98 valence electrons. The first kappa shape index (κ1) is 14.5. The minimum Gasteiger partial charge on any atom is -0.390 e. The van der Waals surface area contributed by atoms with Gasteiger partial charge in [0.05, 0.1) is 17.6 Å². The molecule has 0 fully saturated rings. The van der Waals surface area contributed by atoms with Crippen molar-refractivity contribution in [2.24, 2.45) is 7.05 Å². The van der Waals surface area contributed by atoms with Gasteiger partial charge in [-0.05, 0) is 20.3 Å². The Balaban J connectivity index is 2.71. The van der Waals surface area contributed by atoms with Gasteiger partial charge < -0.3 is 9.67 Å². The van der Waals surface area contributed by atoms with Gasteiger partial charge in [-0.15, -0.1) is 0 Å². The van der Waals surface area contributed by atoms with Crippen molar-refractivity contribution in [3.05, 3.63) is 17.2 Å². The molecule has 0 aliphatic heterocycles. The zero-order chi connectivity index (χ0) is 13.3. The Kier molecular flexibility index (Phi) is 4.22. The summed E-state index contributed by atoms with van der Waals surface area (Å²) in [6, 6.07) is 0. The Morgan fingerprint density at radius 3 is 2.53 bits per heavy atom. The van der Waals surface area contributed by atoms with E-state index in [1.807, 2.05) is 0 Å². The van der Waals surface area contributed by atoms with Crippen LogP contribution in [-0.2, 0) is 22.6 Å². The van der Waals surface area contributed by atoms with E-state index in [0.717, 1.165) is 0 Å². The van der Waals surface area contributed by atoms with Crippen LogP contribution in [0.2, 0.25) is 5.15 Å². The molecule has 0 saturated carbocycles. The van der Waals surface area contributed by atoms with Crippen LogP contribution in [0.5, 0.6) is 0 Å². The van der Waals surface area contributed by atoms with E-state index in [0.29, 0.717) is 11.0 Å². The van der Waals surface area contributed by atoms with Crippen molar-refractivity contribution in [3.8, 4) is 0 Å². The molecule has 0 radical (unpaired) electrons. The molecular weight excluding hydrogens is 264 g/mol. The second kappa shape index (κ2) is 4.96. The monoisotopic (exact) mass is 280 g/mol. The van der Waals surface area contributed by atoms with Gasteiger partial charge in [-0.3, -0.25) is 0 Å². The molecule has 1 heterocycles. The van der Waals surface area contributed by atoms with Crippen molar-refractivity contribution in [2.75, 3.05) is 5.75 Å². The lowest BCUT2D eigenvalue weighted by Gasteiger charge is -2.16. The van der Waals surface area contributed by atoms with Crippen LogP contribution in [0.1, 0.15) is 26.1 Å². The minimum atomic E-state index is -3.28. The van der Waals surface area contributed by atoms with E-state index in [9.17, 15) is 13.5 Å². The average Bonchev–Trinajstić information content (AvgIpc) is 2.46. The Bertz CT molecular complexity index is 488. The van der Waals surface area contributed by atoms with Crippen LogP contribution in [0, 0.1) is 0 Å². The number of sulfone groups is 1. The van der Waals surface area contributed by atoms with Gasteiger partial charge in [-0.25, -0.2) is 13.4 Å². The molecule has 0 atom stereocenters. The molecule has 17 heavy (non-hydrogen) atoms. The number of hydrogen-bond acceptors (Lipinski definition) is 4. The molecule has 0 aliphatic carbocycles. The van der Waals surface area contributed by atoms with Gasteiger partial charge in [0.15, 0.2) is 9.84 Å². The van der Waals surface area contributed by atoms with E-state index in [2.05, 4.69) is 4.98 Å². The Hall–Kier alpha value is -0.590. The summed E-state index contributed by atoms with van der Waals surface area (Å²) in [5.41, 5.74) is -0.980. The zero-order valence-corrected chi connectivity index (χ0v) is 11.7. The Morgan fingerprint density at radius 2 is 2.12 bits per heavy atom. The summed E-state index contributed by atoms with van der Waals surface area (Å²) >= 11 is 5.77. The van der Waals surface area contributed by atoms with Gasteiger partial charge in [0.25, 0.3) is 0 Å². The third-order valence-corrected chi connectivity index (χ3v) is 4.28. The summed E-state index contributed by atoms with van der Waals surface area (Å²) in [7, 11) is -1.62. The smallest absolute Gasteiger partial charge is 0.157 e. The number of nitrogens with zero attached hydrogens (tertiary/aromatic N) is 2. The summed E-state index contributed by atoms with van der Waals surface area (Å²) in [6.07, 6.45) is 1.62. The van der Waals surface area contributed by atoms with Crippen LogP contribution in [0.4, 0.5) is 0 Å². The van der Waals surface area contributed by atoms with Gasteiger partial charge in [-0.2, -0.15) is 0 Å². The highest BCUT2D eigenvalue weighted by atomic mass is 35.5. The highest BCUT2D eigenvalue weighted by molar-refractivity contribution is 7.90. The first-order valence-corrected chi connectivity index (χ1v) is 7.39. The second-order valence-electron chi connectivity index (χ2n) is 4.71. The van der Waals surface area contributed by atoms with Gasteiger partial charge in [0.2, 0.25) is 0 Å². The summed E-state index contributed by atoms with van der Waals surface area (Å²) in [6.45, 7) is 3.17.